The summed E-state index contributed by atoms with van der Waals surface area (Å²) in [7, 11) is 5.61. The van der Waals surface area contributed by atoms with Gasteiger partial charge in [0.05, 0.1) is 12.1 Å². The minimum absolute atomic E-state index is 0.152. The fourth-order valence-electron chi connectivity index (χ4n) is 1.96. The highest BCUT2D eigenvalue weighted by atomic mass is 16.1. The Hall–Kier alpha value is -1.85. The summed E-state index contributed by atoms with van der Waals surface area (Å²) in [5.41, 5.74) is 1.05. The average molecular weight is 251 g/mol. The van der Waals surface area contributed by atoms with Crippen molar-refractivity contribution in [1.82, 2.24) is 9.78 Å². The molecule has 1 rings (SSSR count). The molecular weight excluding hydrogens is 230 g/mol. The van der Waals surface area contributed by atoms with Crippen molar-refractivity contribution in [3.63, 3.8) is 0 Å². The average Bonchev–Trinajstić information content (AvgIpc) is 2.59. The van der Waals surface area contributed by atoms with E-state index in [1.165, 1.54) is 0 Å². The van der Waals surface area contributed by atoms with E-state index >= 15 is 0 Å². The third-order valence-corrected chi connectivity index (χ3v) is 2.84. The largest absolute Gasteiger partial charge is 0.361 e. The molecule has 1 unspecified atom stereocenters. The standard InChI is InChI=1S/C12H21N5O/c1-6-9(8(2)13)11(18)15-10-7-14-17(5)12(10)16(3)4/h7,9,13H,6H2,1-5H3,(H,15,18). The summed E-state index contributed by atoms with van der Waals surface area (Å²) in [6.07, 6.45) is 2.25. The van der Waals surface area contributed by atoms with Crippen molar-refractivity contribution in [2.75, 3.05) is 24.3 Å². The summed E-state index contributed by atoms with van der Waals surface area (Å²) in [5.74, 6) is 0.308. The van der Waals surface area contributed by atoms with Crippen molar-refractivity contribution >= 4 is 23.1 Å². The number of anilines is 2. The van der Waals surface area contributed by atoms with Crippen molar-refractivity contribution < 1.29 is 4.79 Å². The molecule has 0 aromatic carbocycles. The van der Waals surface area contributed by atoms with Gasteiger partial charge in [0.15, 0.2) is 0 Å². The number of amides is 1. The fourth-order valence-corrected chi connectivity index (χ4v) is 1.96. The number of hydrogen-bond donors (Lipinski definition) is 2. The number of carbonyl (C=O) groups is 1. The zero-order chi connectivity index (χ0) is 13.9. The third-order valence-electron chi connectivity index (χ3n) is 2.84. The maximum atomic E-state index is 12.1. The molecular formula is C12H21N5O. The van der Waals surface area contributed by atoms with Crippen LogP contribution in [0.4, 0.5) is 11.5 Å². The lowest BCUT2D eigenvalue weighted by Gasteiger charge is -2.17. The molecule has 1 atom stereocenters. The van der Waals surface area contributed by atoms with E-state index in [1.807, 2.05) is 33.0 Å². The molecule has 0 aliphatic rings. The molecule has 0 aliphatic heterocycles. The second-order valence-corrected chi connectivity index (χ2v) is 4.53. The quantitative estimate of drug-likeness (QED) is 0.779. The third kappa shape index (κ3) is 2.88. The van der Waals surface area contributed by atoms with Crippen LogP contribution in [0.5, 0.6) is 0 Å². The second-order valence-electron chi connectivity index (χ2n) is 4.53. The maximum Gasteiger partial charge on any atom is 0.233 e. The van der Waals surface area contributed by atoms with Crippen LogP contribution in [0.3, 0.4) is 0 Å². The van der Waals surface area contributed by atoms with E-state index in [2.05, 4.69) is 10.4 Å². The van der Waals surface area contributed by atoms with Gasteiger partial charge in [0.2, 0.25) is 5.91 Å². The van der Waals surface area contributed by atoms with Crippen molar-refractivity contribution in [2.24, 2.45) is 13.0 Å². The first-order valence-corrected chi connectivity index (χ1v) is 5.93. The van der Waals surface area contributed by atoms with Gasteiger partial charge in [-0.15, -0.1) is 0 Å². The van der Waals surface area contributed by atoms with Crippen molar-refractivity contribution in [3.8, 4) is 0 Å². The van der Waals surface area contributed by atoms with Crippen LogP contribution in [0.15, 0.2) is 6.20 Å². The number of rotatable bonds is 5. The van der Waals surface area contributed by atoms with Gasteiger partial charge in [0.1, 0.15) is 11.5 Å². The lowest BCUT2D eigenvalue weighted by molar-refractivity contribution is -0.118. The smallest absolute Gasteiger partial charge is 0.233 e. The van der Waals surface area contributed by atoms with Crippen LogP contribution in [0.25, 0.3) is 0 Å². The zero-order valence-electron chi connectivity index (χ0n) is 11.6. The Bertz CT molecular complexity index is 449. The Morgan fingerprint density at radius 1 is 1.61 bits per heavy atom. The van der Waals surface area contributed by atoms with Gasteiger partial charge >= 0.3 is 0 Å². The highest BCUT2D eigenvalue weighted by Gasteiger charge is 2.21. The van der Waals surface area contributed by atoms with Gasteiger partial charge in [0, 0.05) is 26.9 Å². The number of nitrogens with zero attached hydrogens (tertiary/aromatic N) is 3. The van der Waals surface area contributed by atoms with Gasteiger partial charge in [-0.1, -0.05) is 6.92 Å². The van der Waals surface area contributed by atoms with Crippen molar-refractivity contribution in [2.45, 2.75) is 20.3 Å². The second kappa shape index (κ2) is 5.66. The Morgan fingerprint density at radius 3 is 2.67 bits per heavy atom. The number of nitrogens with one attached hydrogen (secondary N) is 2. The van der Waals surface area contributed by atoms with E-state index in [0.717, 1.165) is 5.82 Å². The monoisotopic (exact) mass is 251 g/mol. The molecule has 0 fully saturated rings. The molecule has 0 spiro atoms. The molecule has 2 N–H and O–H groups in total. The first-order valence-electron chi connectivity index (χ1n) is 5.93. The van der Waals surface area contributed by atoms with Gasteiger partial charge in [-0.05, 0) is 13.3 Å². The van der Waals surface area contributed by atoms with Gasteiger partial charge in [0.25, 0.3) is 0 Å². The van der Waals surface area contributed by atoms with E-state index < -0.39 is 0 Å². The maximum absolute atomic E-state index is 12.1. The summed E-state index contributed by atoms with van der Waals surface area (Å²) in [4.78, 5) is 14.0. The molecule has 0 bridgehead atoms. The van der Waals surface area contributed by atoms with Gasteiger partial charge in [-0.3, -0.25) is 9.48 Å². The molecule has 0 saturated carbocycles. The molecule has 100 valence electrons. The number of hydrogen-bond acceptors (Lipinski definition) is 4. The summed E-state index contributed by atoms with van der Waals surface area (Å²) in [6.45, 7) is 3.56. The summed E-state index contributed by atoms with van der Waals surface area (Å²) in [6, 6.07) is 0. The van der Waals surface area contributed by atoms with E-state index in [1.54, 1.807) is 17.8 Å². The minimum Gasteiger partial charge on any atom is -0.361 e. The molecule has 6 heteroatoms. The molecule has 1 amide bonds. The predicted octanol–water partition coefficient (Wildman–Crippen LogP) is 1.49. The van der Waals surface area contributed by atoms with E-state index in [9.17, 15) is 4.79 Å². The highest BCUT2D eigenvalue weighted by molar-refractivity contribution is 6.08. The summed E-state index contributed by atoms with van der Waals surface area (Å²) in [5, 5.41) is 14.6. The Labute approximate surface area is 107 Å². The molecule has 0 aliphatic carbocycles. The molecule has 0 radical (unpaired) electrons. The van der Waals surface area contributed by atoms with E-state index in [-0.39, 0.29) is 11.8 Å². The topological polar surface area (TPSA) is 74.0 Å². The van der Waals surface area contributed by atoms with E-state index in [0.29, 0.717) is 17.8 Å². The summed E-state index contributed by atoms with van der Waals surface area (Å²) < 4.78 is 1.70. The normalized spacial score (nSPS) is 12.1. The zero-order valence-corrected chi connectivity index (χ0v) is 11.6. The Balaban J connectivity index is 2.91. The van der Waals surface area contributed by atoms with Crippen LogP contribution >= 0.6 is 0 Å². The van der Waals surface area contributed by atoms with Crippen LogP contribution < -0.4 is 10.2 Å². The molecule has 6 nitrogen and oxygen atoms in total. The molecule has 1 aromatic rings. The van der Waals surface area contributed by atoms with Gasteiger partial charge in [-0.25, -0.2) is 0 Å². The van der Waals surface area contributed by atoms with Crippen LogP contribution in [0.1, 0.15) is 20.3 Å². The lowest BCUT2D eigenvalue weighted by Crippen LogP contribution is -2.28. The van der Waals surface area contributed by atoms with E-state index in [4.69, 9.17) is 5.41 Å². The summed E-state index contributed by atoms with van der Waals surface area (Å²) >= 11 is 0. The number of aryl methyl sites for hydroxylation is 1. The van der Waals surface area contributed by atoms with Gasteiger partial charge in [-0.2, -0.15) is 5.10 Å². The van der Waals surface area contributed by atoms with Crippen LogP contribution in [-0.2, 0) is 11.8 Å². The number of carbonyl (C=O) groups excluding carboxylic acids is 1. The van der Waals surface area contributed by atoms with Crippen LogP contribution in [-0.4, -0.2) is 35.5 Å². The van der Waals surface area contributed by atoms with Crippen molar-refractivity contribution in [1.29, 1.82) is 5.41 Å². The molecule has 0 saturated heterocycles. The molecule has 18 heavy (non-hydrogen) atoms. The first-order chi connectivity index (χ1) is 8.38. The lowest BCUT2D eigenvalue weighted by atomic mass is 10.0. The molecule has 1 aromatic heterocycles. The SMILES string of the molecule is CCC(C(C)=N)C(=O)Nc1cnn(C)c1N(C)C. The van der Waals surface area contributed by atoms with Crippen molar-refractivity contribution in [3.05, 3.63) is 6.20 Å². The number of aromatic nitrogens is 2. The highest BCUT2D eigenvalue weighted by Crippen LogP contribution is 2.23. The fraction of sp³-hybridized carbons (Fsp3) is 0.583. The molecule has 1 heterocycles. The minimum atomic E-state index is -0.375. The van der Waals surface area contributed by atoms with Crippen LogP contribution in [0, 0.1) is 11.3 Å². The Morgan fingerprint density at radius 2 is 2.22 bits per heavy atom. The predicted molar refractivity (Wildman–Crippen MR) is 73.3 cm³/mol. The van der Waals surface area contributed by atoms with Gasteiger partial charge < -0.3 is 15.6 Å². The van der Waals surface area contributed by atoms with Crippen LogP contribution in [0.2, 0.25) is 0 Å². The Kier molecular flexibility index (Phi) is 4.47. The first kappa shape index (κ1) is 14.2.